The highest BCUT2D eigenvalue weighted by molar-refractivity contribution is 7.88. The zero-order valence-electron chi connectivity index (χ0n) is 33.3. The van der Waals surface area contributed by atoms with Crippen molar-refractivity contribution in [3.8, 4) is 11.5 Å². The summed E-state index contributed by atoms with van der Waals surface area (Å²) < 4.78 is 25.7. The number of carbonyl (C=O) groups excluding carboxylic acids is 1. The SMILES string of the molecule is CC(=O)C1=Cc2cc(Cl)ccc2C(C2CCNCC2)c2ncccc21.C[Si](C)(C)C#CC1=Cc2cc(Cl)ccc2C(C2CCN(S(C)(=O)=O)CC2)c2ncccc21. The molecule has 11 heteroatoms. The van der Waals surface area contributed by atoms with Crippen molar-refractivity contribution < 1.29 is 13.2 Å². The minimum Gasteiger partial charge on any atom is -0.317 e. The summed E-state index contributed by atoms with van der Waals surface area (Å²) in [4.78, 5) is 22.0. The fourth-order valence-electron chi connectivity index (χ4n) is 8.78. The summed E-state index contributed by atoms with van der Waals surface area (Å²) >= 11 is 12.7. The normalized spacial score (nSPS) is 20.0. The third-order valence-corrected chi connectivity index (χ3v) is 14.1. The first-order valence-corrected chi connectivity index (χ1v) is 25.9. The highest BCUT2D eigenvalue weighted by atomic mass is 35.5. The Kier molecular flexibility index (Phi) is 12.4. The van der Waals surface area contributed by atoms with E-state index in [1.165, 1.54) is 17.4 Å². The van der Waals surface area contributed by atoms with E-state index in [-0.39, 0.29) is 17.6 Å². The van der Waals surface area contributed by atoms with Gasteiger partial charge in [-0.25, -0.2) is 12.7 Å². The number of aromatic nitrogens is 2. The standard InChI is InChI=1S/C25H29ClN2O2SSi.C21H21ClN2O/c1-31(29,30)28-13-9-18(10-14-28)24-22-8-7-21(26)17-20(22)16-19(11-15-32(2,3)4)23-6-5-12-27-25(23)24;1-13(25)19-12-15-11-16(22)4-5-17(15)20(14-6-9-23-10-7-14)21-18(19)3-2-8-24-21/h5-8,12,16-18,24H,9-10,13-14H2,1-4H3;2-5,8,11-12,14,20,23H,6-7,9-10H2,1H3. The smallest absolute Gasteiger partial charge is 0.211 e. The number of carbonyl (C=O) groups is 1. The van der Waals surface area contributed by atoms with E-state index in [1.54, 1.807) is 11.2 Å². The average molecular weight is 838 g/mol. The van der Waals surface area contributed by atoms with Crippen molar-refractivity contribution in [2.24, 2.45) is 11.8 Å². The van der Waals surface area contributed by atoms with Crippen LogP contribution in [0.5, 0.6) is 0 Å². The maximum Gasteiger partial charge on any atom is 0.211 e. The Balaban J connectivity index is 0.000000179. The van der Waals surface area contributed by atoms with Gasteiger partial charge in [0.1, 0.15) is 8.07 Å². The molecule has 2 unspecified atom stereocenters. The first-order chi connectivity index (χ1) is 27.2. The van der Waals surface area contributed by atoms with E-state index in [9.17, 15) is 13.2 Å². The Morgan fingerprint density at radius 1 is 0.789 bits per heavy atom. The third-order valence-electron chi connectivity index (χ3n) is 11.5. The van der Waals surface area contributed by atoms with E-state index in [1.807, 2.05) is 60.9 Å². The van der Waals surface area contributed by atoms with Gasteiger partial charge in [0.25, 0.3) is 0 Å². The zero-order chi connectivity index (χ0) is 40.5. The van der Waals surface area contributed by atoms with Crippen LogP contribution in [0.3, 0.4) is 0 Å². The highest BCUT2D eigenvalue weighted by Gasteiger charge is 2.36. The minimum atomic E-state index is -3.17. The summed E-state index contributed by atoms with van der Waals surface area (Å²) in [7, 11) is -4.74. The van der Waals surface area contributed by atoms with Gasteiger partial charge in [-0.1, -0.05) is 73.0 Å². The van der Waals surface area contributed by atoms with E-state index < -0.39 is 18.1 Å². The molecule has 2 aliphatic heterocycles. The number of benzene rings is 2. The molecule has 0 saturated carbocycles. The number of piperidine rings is 2. The van der Waals surface area contributed by atoms with Gasteiger partial charge >= 0.3 is 0 Å². The predicted octanol–water partition coefficient (Wildman–Crippen LogP) is 9.58. The molecule has 57 heavy (non-hydrogen) atoms. The molecule has 1 N–H and O–H groups in total. The first-order valence-electron chi connectivity index (χ1n) is 19.8. The van der Waals surface area contributed by atoms with Gasteiger partial charge in [0.15, 0.2) is 5.78 Å². The molecule has 2 atom stereocenters. The quantitative estimate of drug-likeness (QED) is 0.163. The fraction of sp³-hybridized carbons (Fsp3) is 0.370. The molecule has 2 saturated heterocycles. The lowest BCUT2D eigenvalue weighted by Crippen LogP contribution is -2.39. The topological polar surface area (TPSA) is 92.3 Å². The molecule has 4 aliphatic rings. The number of rotatable bonds is 4. The van der Waals surface area contributed by atoms with Crippen molar-refractivity contribution in [2.75, 3.05) is 32.4 Å². The minimum absolute atomic E-state index is 0.0612. The summed E-state index contributed by atoms with van der Waals surface area (Å²) in [5.74, 6) is 4.60. The molecule has 0 amide bonds. The maximum absolute atomic E-state index is 12.4. The van der Waals surface area contributed by atoms with Gasteiger partial charge in [0.05, 0.1) is 17.6 Å². The van der Waals surface area contributed by atoms with Crippen molar-refractivity contribution in [1.82, 2.24) is 19.6 Å². The number of hydrogen-bond donors (Lipinski definition) is 1. The molecule has 7 nitrogen and oxygen atoms in total. The Hall–Kier alpha value is -3.88. The lowest BCUT2D eigenvalue weighted by Gasteiger charge is -2.35. The second-order valence-corrected chi connectivity index (χ2v) is 24.2. The fourth-order valence-corrected chi connectivity index (χ4v) is 10.5. The van der Waals surface area contributed by atoms with Gasteiger partial charge in [-0.3, -0.25) is 14.8 Å². The van der Waals surface area contributed by atoms with Gasteiger partial charge in [-0.15, -0.1) is 5.54 Å². The molecule has 4 aromatic rings. The molecule has 2 fully saturated rings. The summed E-state index contributed by atoms with van der Waals surface area (Å²) in [5.41, 5.74) is 13.8. The van der Waals surface area contributed by atoms with Crippen molar-refractivity contribution >= 4 is 70.4 Å². The second-order valence-electron chi connectivity index (χ2n) is 16.6. The van der Waals surface area contributed by atoms with E-state index in [0.717, 1.165) is 83.6 Å². The predicted molar refractivity (Wildman–Crippen MR) is 237 cm³/mol. The molecule has 0 spiro atoms. The van der Waals surface area contributed by atoms with Crippen LogP contribution in [0.2, 0.25) is 29.7 Å². The molecule has 4 heterocycles. The second kappa shape index (κ2) is 17.1. The van der Waals surface area contributed by atoms with Crippen molar-refractivity contribution in [2.45, 2.75) is 64.1 Å². The summed E-state index contributed by atoms with van der Waals surface area (Å²) in [6.45, 7) is 11.5. The van der Waals surface area contributed by atoms with Crippen LogP contribution in [-0.4, -0.2) is 69.0 Å². The van der Waals surface area contributed by atoms with Crippen LogP contribution < -0.4 is 5.32 Å². The lowest BCUT2D eigenvalue weighted by molar-refractivity contribution is -0.111. The molecule has 8 rings (SSSR count). The van der Waals surface area contributed by atoms with E-state index in [0.29, 0.717) is 35.0 Å². The largest absolute Gasteiger partial charge is 0.317 e. The Bertz CT molecular complexity index is 2420. The number of hydrogen-bond acceptors (Lipinski definition) is 6. The summed E-state index contributed by atoms with van der Waals surface area (Å²) in [6, 6.07) is 20.1. The van der Waals surface area contributed by atoms with Crippen LogP contribution >= 0.6 is 23.2 Å². The molecule has 2 aromatic heterocycles. The van der Waals surface area contributed by atoms with Gasteiger partial charge < -0.3 is 5.32 Å². The number of nitrogens with zero attached hydrogens (tertiary/aromatic N) is 3. The molecule has 2 aliphatic carbocycles. The Morgan fingerprint density at radius 3 is 1.86 bits per heavy atom. The van der Waals surface area contributed by atoms with Crippen LogP contribution in [-0.2, 0) is 14.8 Å². The molecule has 0 radical (unpaired) electrons. The van der Waals surface area contributed by atoms with E-state index in [4.69, 9.17) is 33.2 Å². The van der Waals surface area contributed by atoms with E-state index in [2.05, 4.69) is 60.7 Å². The molecular formula is C46H50Cl2N4O3SSi. The Morgan fingerprint density at radius 2 is 1.32 bits per heavy atom. The van der Waals surface area contributed by atoms with Crippen LogP contribution in [0.25, 0.3) is 23.3 Å². The van der Waals surface area contributed by atoms with Gasteiger partial charge in [-0.05, 0) is 128 Å². The van der Waals surface area contributed by atoms with Gasteiger partial charge in [0, 0.05) is 69.6 Å². The number of sulfonamides is 1. The monoisotopic (exact) mass is 836 g/mol. The number of nitrogens with one attached hydrogen (secondary N) is 1. The average Bonchev–Trinajstić information content (AvgIpc) is 3.41. The number of Topliss-reactive ketones (excluding diaryl/α,β-unsaturated/α-hetero) is 1. The third kappa shape index (κ3) is 9.38. The lowest BCUT2D eigenvalue weighted by atomic mass is 9.76. The van der Waals surface area contributed by atoms with Crippen LogP contribution in [0.4, 0.5) is 0 Å². The number of pyridine rings is 2. The summed E-state index contributed by atoms with van der Waals surface area (Å²) in [6.07, 6.45) is 12.9. The first kappa shape index (κ1) is 41.3. The van der Waals surface area contributed by atoms with E-state index >= 15 is 0 Å². The van der Waals surface area contributed by atoms with Gasteiger partial charge in [-0.2, -0.15) is 0 Å². The van der Waals surface area contributed by atoms with Crippen LogP contribution in [0.1, 0.15) is 89.2 Å². The summed E-state index contributed by atoms with van der Waals surface area (Å²) in [5, 5.41) is 4.84. The number of allylic oxidation sites excluding steroid dienone is 2. The molecule has 0 bridgehead atoms. The van der Waals surface area contributed by atoms with Crippen molar-refractivity contribution in [1.29, 1.82) is 0 Å². The number of fused-ring (bicyclic) bond motifs is 4. The molecule has 2 aromatic carbocycles. The number of halogens is 2. The van der Waals surface area contributed by atoms with Crippen molar-refractivity contribution in [3.63, 3.8) is 0 Å². The van der Waals surface area contributed by atoms with Crippen LogP contribution in [0, 0.1) is 23.3 Å². The highest BCUT2D eigenvalue weighted by Crippen LogP contribution is 2.46. The maximum atomic E-state index is 12.4. The number of ketones is 1. The van der Waals surface area contributed by atoms with Crippen LogP contribution in [0.15, 0.2) is 73.1 Å². The zero-order valence-corrected chi connectivity index (χ0v) is 36.6. The Labute approximate surface area is 349 Å². The molecule has 296 valence electrons. The molecular weight excluding hydrogens is 788 g/mol. The van der Waals surface area contributed by atoms with Crippen molar-refractivity contribution in [3.05, 3.63) is 128 Å². The van der Waals surface area contributed by atoms with Gasteiger partial charge in [0.2, 0.25) is 10.0 Å².